The second-order valence-corrected chi connectivity index (χ2v) is 7.18. The molecule has 0 unspecified atom stereocenters. The molecule has 0 bridgehead atoms. The molecule has 0 atom stereocenters. The van der Waals surface area contributed by atoms with Crippen LogP contribution in [0.1, 0.15) is 16.1 Å². The zero-order chi connectivity index (χ0) is 22.6. The van der Waals surface area contributed by atoms with Crippen molar-refractivity contribution < 1.29 is 27.9 Å². The van der Waals surface area contributed by atoms with Crippen LogP contribution in [0.2, 0.25) is 0 Å². The minimum absolute atomic E-state index is 0.00718. The van der Waals surface area contributed by atoms with Gasteiger partial charge in [-0.25, -0.2) is 4.79 Å². The summed E-state index contributed by atoms with van der Waals surface area (Å²) >= 11 is 0.779. The van der Waals surface area contributed by atoms with Crippen LogP contribution in [0.3, 0.4) is 0 Å². The first-order valence-electron chi connectivity index (χ1n) is 8.68. The van der Waals surface area contributed by atoms with Crippen molar-refractivity contribution in [2.24, 2.45) is 0 Å². The molecule has 3 aromatic rings. The van der Waals surface area contributed by atoms with Crippen LogP contribution in [-0.2, 0) is 11.0 Å². The van der Waals surface area contributed by atoms with Crippen LogP contribution in [0.4, 0.5) is 18.9 Å². The summed E-state index contributed by atoms with van der Waals surface area (Å²) in [6, 6.07) is 13.2. The number of carbonyl (C=O) groups excluding carboxylic acids is 1. The number of halogens is 3. The van der Waals surface area contributed by atoms with Crippen molar-refractivity contribution in [3.05, 3.63) is 82.3 Å². The number of nitrogens with one attached hydrogen (secondary N) is 1. The van der Waals surface area contributed by atoms with Crippen LogP contribution < -0.4 is 10.9 Å². The molecule has 0 spiro atoms. The lowest BCUT2D eigenvalue weighted by atomic mass is 10.2. The van der Waals surface area contributed by atoms with E-state index in [0.29, 0.717) is 5.69 Å². The summed E-state index contributed by atoms with van der Waals surface area (Å²) in [6.45, 7) is 0. The van der Waals surface area contributed by atoms with Gasteiger partial charge in [0.1, 0.15) is 0 Å². The van der Waals surface area contributed by atoms with Crippen molar-refractivity contribution in [1.29, 1.82) is 0 Å². The van der Waals surface area contributed by atoms with Gasteiger partial charge in [0.15, 0.2) is 5.69 Å². The molecule has 0 fully saturated rings. The van der Waals surface area contributed by atoms with Gasteiger partial charge in [-0.2, -0.15) is 23.0 Å². The van der Waals surface area contributed by atoms with Crippen molar-refractivity contribution in [3.8, 4) is 5.69 Å². The lowest BCUT2D eigenvalue weighted by Gasteiger charge is -2.10. The number of carboxylic acids is 1. The second kappa shape index (κ2) is 9.04. The van der Waals surface area contributed by atoms with E-state index in [9.17, 15) is 32.7 Å². The number of aromatic carboxylic acids is 1. The molecular formula is C20H14F3N3O4S. The Morgan fingerprint density at radius 3 is 2.29 bits per heavy atom. The third kappa shape index (κ3) is 5.51. The van der Waals surface area contributed by atoms with E-state index >= 15 is 0 Å². The van der Waals surface area contributed by atoms with Gasteiger partial charge in [-0.1, -0.05) is 18.2 Å². The molecule has 0 saturated heterocycles. The summed E-state index contributed by atoms with van der Waals surface area (Å²) in [7, 11) is 0. The summed E-state index contributed by atoms with van der Waals surface area (Å²) in [6.07, 6.45) is -4.49. The lowest BCUT2D eigenvalue weighted by molar-refractivity contribution is -0.137. The van der Waals surface area contributed by atoms with Gasteiger partial charge in [0.25, 0.3) is 5.56 Å². The Labute approximate surface area is 177 Å². The minimum atomic E-state index is -4.49. The van der Waals surface area contributed by atoms with Crippen LogP contribution in [0.5, 0.6) is 0 Å². The smallest absolute Gasteiger partial charge is 0.416 e. The average molecular weight is 449 g/mol. The Morgan fingerprint density at radius 2 is 1.71 bits per heavy atom. The Morgan fingerprint density at radius 1 is 1.06 bits per heavy atom. The zero-order valence-electron chi connectivity index (χ0n) is 15.6. The molecule has 0 aliphatic rings. The Bertz CT molecular complexity index is 1160. The van der Waals surface area contributed by atoms with E-state index in [2.05, 4.69) is 10.4 Å². The highest BCUT2D eigenvalue weighted by Gasteiger charge is 2.30. The highest BCUT2D eigenvalue weighted by molar-refractivity contribution is 8.00. The normalized spacial score (nSPS) is 11.2. The van der Waals surface area contributed by atoms with E-state index < -0.39 is 34.9 Å². The molecule has 1 amide bonds. The number of para-hydroxylation sites is 1. The van der Waals surface area contributed by atoms with Crippen LogP contribution in [0.15, 0.2) is 70.4 Å². The largest absolute Gasteiger partial charge is 0.476 e. The monoisotopic (exact) mass is 449 g/mol. The number of rotatable bonds is 6. The highest BCUT2D eigenvalue weighted by Crippen LogP contribution is 2.30. The van der Waals surface area contributed by atoms with E-state index in [4.69, 9.17) is 0 Å². The zero-order valence-corrected chi connectivity index (χ0v) is 16.4. The third-order valence-electron chi connectivity index (χ3n) is 3.95. The van der Waals surface area contributed by atoms with Gasteiger partial charge >= 0.3 is 12.1 Å². The third-order valence-corrected chi connectivity index (χ3v) is 4.98. The first-order chi connectivity index (χ1) is 14.6. The molecule has 11 heteroatoms. The van der Waals surface area contributed by atoms with Crippen molar-refractivity contribution in [3.63, 3.8) is 0 Å². The number of hydrogen-bond donors (Lipinski definition) is 2. The average Bonchev–Trinajstić information content (AvgIpc) is 2.72. The summed E-state index contributed by atoms with van der Waals surface area (Å²) in [4.78, 5) is 36.1. The van der Waals surface area contributed by atoms with E-state index in [-0.39, 0.29) is 16.3 Å². The number of carboxylic acid groups (broad SMARTS) is 1. The van der Waals surface area contributed by atoms with Crippen LogP contribution in [-0.4, -0.2) is 32.5 Å². The quantitative estimate of drug-likeness (QED) is 0.557. The van der Waals surface area contributed by atoms with Crippen LogP contribution in [0.25, 0.3) is 5.69 Å². The number of carbonyl (C=O) groups is 2. The van der Waals surface area contributed by atoms with Gasteiger partial charge in [0.05, 0.1) is 17.0 Å². The summed E-state index contributed by atoms with van der Waals surface area (Å²) in [5, 5.41) is 15.7. The van der Waals surface area contributed by atoms with Crippen LogP contribution in [0, 0.1) is 0 Å². The predicted octanol–water partition coefficient (Wildman–Crippen LogP) is 3.68. The SMILES string of the molecule is O=C(CSc1cc(=O)n(-c2ccccc2)nc1C(=O)O)Nc1ccc(C(F)(F)F)cc1. The maximum atomic E-state index is 12.6. The molecule has 2 aromatic carbocycles. The Hall–Kier alpha value is -3.60. The first-order valence-corrected chi connectivity index (χ1v) is 9.67. The number of hydrogen-bond acceptors (Lipinski definition) is 5. The Kier molecular flexibility index (Phi) is 6.44. The number of benzene rings is 2. The number of anilines is 1. The number of nitrogens with zero attached hydrogens (tertiary/aromatic N) is 2. The standard InChI is InChI=1S/C20H14F3N3O4S/c21-20(22,23)12-6-8-13(9-7-12)24-16(27)11-31-15-10-17(28)26(25-18(15)19(29)30)14-4-2-1-3-5-14/h1-10H,11H2,(H,24,27)(H,29,30). The van der Waals surface area contributed by atoms with E-state index in [1.54, 1.807) is 30.3 Å². The fourth-order valence-corrected chi connectivity index (χ4v) is 3.34. The fraction of sp³-hybridized carbons (Fsp3) is 0.100. The summed E-state index contributed by atoms with van der Waals surface area (Å²) in [5.41, 5.74) is -1.31. The molecule has 31 heavy (non-hydrogen) atoms. The number of thioether (sulfide) groups is 1. The number of aromatic nitrogens is 2. The van der Waals surface area contributed by atoms with Crippen molar-refractivity contribution in [2.75, 3.05) is 11.1 Å². The predicted molar refractivity (Wildman–Crippen MR) is 108 cm³/mol. The maximum absolute atomic E-state index is 12.6. The summed E-state index contributed by atoms with van der Waals surface area (Å²) in [5.74, 6) is -2.25. The van der Waals surface area contributed by atoms with Crippen molar-refractivity contribution in [1.82, 2.24) is 9.78 Å². The fourth-order valence-electron chi connectivity index (χ4n) is 2.54. The summed E-state index contributed by atoms with van der Waals surface area (Å²) < 4.78 is 38.7. The van der Waals surface area contributed by atoms with Gasteiger partial charge < -0.3 is 10.4 Å². The van der Waals surface area contributed by atoms with E-state index in [0.717, 1.165) is 46.8 Å². The molecule has 2 N–H and O–H groups in total. The first kappa shape index (κ1) is 22.1. The molecule has 0 saturated carbocycles. The van der Waals surface area contributed by atoms with Gasteiger partial charge in [0.2, 0.25) is 5.91 Å². The van der Waals surface area contributed by atoms with Gasteiger partial charge in [-0.05, 0) is 36.4 Å². The van der Waals surface area contributed by atoms with Gasteiger partial charge in [0, 0.05) is 16.6 Å². The van der Waals surface area contributed by atoms with Crippen molar-refractivity contribution >= 4 is 29.3 Å². The maximum Gasteiger partial charge on any atom is 0.416 e. The minimum Gasteiger partial charge on any atom is -0.476 e. The molecule has 1 heterocycles. The molecule has 160 valence electrons. The van der Waals surface area contributed by atoms with Gasteiger partial charge in [-0.15, -0.1) is 11.8 Å². The molecule has 0 radical (unpaired) electrons. The number of amides is 1. The molecule has 0 aliphatic heterocycles. The second-order valence-electron chi connectivity index (χ2n) is 6.16. The van der Waals surface area contributed by atoms with E-state index in [1.165, 1.54) is 0 Å². The molecule has 7 nitrogen and oxygen atoms in total. The number of alkyl halides is 3. The molecular weight excluding hydrogens is 435 g/mol. The highest BCUT2D eigenvalue weighted by atomic mass is 32.2. The van der Waals surface area contributed by atoms with Crippen molar-refractivity contribution in [2.45, 2.75) is 11.1 Å². The van der Waals surface area contributed by atoms with E-state index in [1.807, 2.05) is 0 Å². The molecule has 0 aliphatic carbocycles. The topological polar surface area (TPSA) is 101 Å². The Balaban J connectivity index is 1.73. The van der Waals surface area contributed by atoms with Crippen LogP contribution >= 0.6 is 11.8 Å². The molecule has 3 rings (SSSR count). The molecule has 1 aromatic heterocycles. The van der Waals surface area contributed by atoms with Gasteiger partial charge in [-0.3, -0.25) is 9.59 Å². The lowest BCUT2D eigenvalue weighted by Crippen LogP contribution is -2.24.